The third kappa shape index (κ3) is 7.03. The lowest BCUT2D eigenvalue weighted by atomic mass is 9.96. The van der Waals surface area contributed by atoms with Gasteiger partial charge < -0.3 is 15.1 Å². The molecule has 2 N–H and O–H groups in total. The molecule has 5 heteroatoms. The first-order chi connectivity index (χ1) is 10.3. The van der Waals surface area contributed by atoms with Crippen molar-refractivity contribution in [1.29, 1.82) is 0 Å². The Labute approximate surface area is 151 Å². The zero-order chi connectivity index (χ0) is 14.9. The Hall–Kier alpha value is -0.720. The largest absolute Gasteiger partial charge is 0.469 e. The Balaban J connectivity index is 0.00000242. The smallest absolute Gasteiger partial charge is 0.191 e. The molecule has 22 heavy (non-hydrogen) atoms. The molecule has 1 aliphatic carbocycles. The van der Waals surface area contributed by atoms with E-state index in [2.05, 4.69) is 24.5 Å². The van der Waals surface area contributed by atoms with E-state index in [0.717, 1.165) is 31.1 Å². The van der Waals surface area contributed by atoms with Gasteiger partial charge in [0.05, 0.1) is 6.26 Å². The monoisotopic (exact) mass is 419 g/mol. The minimum Gasteiger partial charge on any atom is -0.469 e. The summed E-state index contributed by atoms with van der Waals surface area (Å²) in [7, 11) is 0. The van der Waals surface area contributed by atoms with Crippen molar-refractivity contribution in [2.24, 2.45) is 4.99 Å². The lowest BCUT2D eigenvalue weighted by molar-refractivity contribution is 0.407. The second-order valence-electron chi connectivity index (χ2n) is 5.99. The number of hydrogen-bond donors (Lipinski definition) is 2. The Morgan fingerprint density at radius 3 is 2.77 bits per heavy atom. The highest BCUT2D eigenvalue weighted by atomic mass is 127. The first-order valence-corrected chi connectivity index (χ1v) is 8.38. The predicted molar refractivity (Wildman–Crippen MR) is 103 cm³/mol. The molecular formula is C17H30IN3O. The number of halogens is 1. The summed E-state index contributed by atoms with van der Waals surface area (Å²) in [4.78, 5) is 4.72. The Morgan fingerprint density at radius 2 is 2.14 bits per heavy atom. The number of hydrogen-bond acceptors (Lipinski definition) is 2. The fourth-order valence-corrected chi connectivity index (χ4v) is 2.64. The molecule has 0 radical (unpaired) electrons. The van der Waals surface area contributed by atoms with E-state index in [1.165, 1.54) is 32.1 Å². The molecule has 1 aliphatic rings. The Bertz CT molecular complexity index is 414. The predicted octanol–water partition coefficient (Wildman–Crippen LogP) is 4.11. The normalized spacial score (nSPS) is 17.6. The number of aliphatic imine (C=N–C) groups is 1. The average molecular weight is 419 g/mol. The van der Waals surface area contributed by atoms with E-state index < -0.39 is 0 Å². The first kappa shape index (κ1) is 19.3. The van der Waals surface area contributed by atoms with E-state index in [0.29, 0.717) is 12.1 Å². The Morgan fingerprint density at radius 1 is 1.36 bits per heavy atom. The lowest BCUT2D eigenvalue weighted by Crippen LogP contribution is -2.47. The summed E-state index contributed by atoms with van der Waals surface area (Å²) < 4.78 is 5.36. The van der Waals surface area contributed by atoms with Gasteiger partial charge in [0.1, 0.15) is 5.76 Å². The van der Waals surface area contributed by atoms with Crippen LogP contribution in [0.1, 0.15) is 58.1 Å². The van der Waals surface area contributed by atoms with Gasteiger partial charge in [-0.05, 0) is 38.3 Å². The van der Waals surface area contributed by atoms with Crippen molar-refractivity contribution in [1.82, 2.24) is 10.6 Å². The molecule has 2 rings (SSSR count). The summed E-state index contributed by atoms with van der Waals surface area (Å²) in [6.45, 7) is 5.15. The molecular weight excluding hydrogens is 389 g/mol. The number of furan rings is 1. The summed E-state index contributed by atoms with van der Waals surface area (Å²) in [5.41, 5.74) is 0. The summed E-state index contributed by atoms with van der Waals surface area (Å²) >= 11 is 0. The highest BCUT2D eigenvalue weighted by Crippen LogP contribution is 2.17. The number of nitrogens with one attached hydrogen (secondary N) is 2. The van der Waals surface area contributed by atoms with Gasteiger partial charge in [0.15, 0.2) is 5.96 Å². The molecule has 0 aromatic carbocycles. The standard InChI is InChI=1S/C17H29N3O.HI/c1-3-14(2)19-17(20-15-8-5-4-6-9-15)18-12-11-16-10-7-13-21-16;/h7,10,13-15H,3-6,8-9,11-12H2,1-2H3,(H2,18,19,20);1H. The van der Waals surface area contributed by atoms with E-state index in [1.54, 1.807) is 6.26 Å². The van der Waals surface area contributed by atoms with E-state index in [-0.39, 0.29) is 24.0 Å². The van der Waals surface area contributed by atoms with Gasteiger partial charge >= 0.3 is 0 Å². The SMILES string of the molecule is CCC(C)NC(=NCCc1ccco1)NC1CCCCC1.I. The lowest BCUT2D eigenvalue weighted by Gasteiger charge is -2.26. The van der Waals surface area contributed by atoms with Gasteiger partial charge in [-0.25, -0.2) is 0 Å². The molecule has 1 heterocycles. The van der Waals surface area contributed by atoms with Crippen molar-refractivity contribution in [3.63, 3.8) is 0 Å². The van der Waals surface area contributed by atoms with Crippen LogP contribution in [-0.4, -0.2) is 24.6 Å². The fraction of sp³-hybridized carbons (Fsp3) is 0.706. The van der Waals surface area contributed by atoms with Crippen LogP contribution in [0.3, 0.4) is 0 Å². The quantitative estimate of drug-likeness (QED) is 0.415. The van der Waals surface area contributed by atoms with E-state index in [9.17, 15) is 0 Å². The van der Waals surface area contributed by atoms with Crippen LogP contribution in [0.5, 0.6) is 0 Å². The van der Waals surface area contributed by atoms with Crippen LogP contribution in [0, 0.1) is 0 Å². The van der Waals surface area contributed by atoms with Crippen LogP contribution in [-0.2, 0) is 6.42 Å². The van der Waals surface area contributed by atoms with Crippen molar-refractivity contribution in [2.75, 3.05) is 6.54 Å². The molecule has 1 saturated carbocycles. The first-order valence-electron chi connectivity index (χ1n) is 8.38. The summed E-state index contributed by atoms with van der Waals surface area (Å²) in [6.07, 6.45) is 10.2. The van der Waals surface area contributed by atoms with Crippen molar-refractivity contribution in [3.8, 4) is 0 Å². The minimum absolute atomic E-state index is 0. The van der Waals surface area contributed by atoms with Crippen molar-refractivity contribution in [2.45, 2.75) is 70.9 Å². The van der Waals surface area contributed by atoms with Gasteiger partial charge in [-0.1, -0.05) is 26.2 Å². The van der Waals surface area contributed by atoms with Crippen LogP contribution in [0.4, 0.5) is 0 Å². The van der Waals surface area contributed by atoms with Crippen LogP contribution < -0.4 is 10.6 Å². The summed E-state index contributed by atoms with van der Waals surface area (Å²) in [5.74, 6) is 1.96. The van der Waals surface area contributed by atoms with E-state index >= 15 is 0 Å². The van der Waals surface area contributed by atoms with Crippen molar-refractivity contribution in [3.05, 3.63) is 24.2 Å². The van der Waals surface area contributed by atoms with Crippen LogP contribution in [0.25, 0.3) is 0 Å². The zero-order valence-corrected chi connectivity index (χ0v) is 16.1. The molecule has 0 spiro atoms. The molecule has 126 valence electrons. The van der Waals surface area contributed by atoms with Crippen molar-refractivity contribution < 1.29 is 4.42 Å². The molecule has 1 atom stereocenters. The second kappa shape index (κ2) is 10.9. The van der Waals surface area contributed by atoms with Crippen molar-refractivity contribution >= 4 is 29.9 Å². The maximum Gasteiger partial charge on any atom is 0.191 e. The van der Waals surface area contributed by atoms with Crippen LogP contribution >= 0.6 is 24.0 Å². The summed E-state index contributed by atoms with van der Waals surface area (Å²) in [5, 5.41) is 7.11. The highest BCUT2D eigenvalue weighted by molar-refractivity contribution is 14.0. The van der Waals surface area contributed by atoms with Gasteiger partial charge in [0.2, 0.25) is 0 Å². The van der Waals surface area contributed by atoms with Gasteiger partial charge in [-0.2, -0.15) is 0 Å². The fourth-order valence-electron chi connectivity index (χ4n) is 2.64. The topological polar surface area (TPSA) is 49.6 Å². The molecule has 1 unspecified atom stereocenters. The zero-order valence-electron chi connectivity index (χ0n) is 13.8. The van der Waals surface area contributed by atoms with E-state index in [1.807, 2.05) is 12.1 Å². The minimum atomic E-state index is 0. The second-order valence-corrected chi connectivity index (χ2v) is 5.99. The third-order valence-electron chi connectivity index (χ3n) is 4.15. The van der Waals surface area contributed by atoms with E-state index in [4.69, 9.17) is 9.41 Å². The van der Waals surface area contributed by atoms with Gasteiger partial charge in [0.25, 0.3) is 0 Å². The van der Waals surface area contributed by atoms with Crippen LogP contribution in [0.15, 0.2) is 27.8 Å². The number of rotatable bonds is 6. The molecule has 4 nitrogen and oxygen atoms in total. The number of nitrogens with zero attached hydrogens (tertiary/aromatic N) is 1. The Kier molecular flexibility index (Phi) is 9.59. The molecule has 0 amide bonds. The maximum absolute atomic E-state index is 5.36. The number of guanidine groups is 1. The van der Waals surface area contributed by atoms with Crippen LogP contribution in [0.2, 0.25) is 0 Å². The van der Waals surface area contributed by atoms with Gasteiger partial charge in [-0.3, -0.25) is 4.99 Å². The van der Waals surface area contributed by atoms with Gasteiger partial charge in [-0.15, -0.1) is 24.0 Å². The average Bonchev–Trinajstić information content (AvgIpc) is 3.01. The highest BCUT2D eigenvalue weighted by Gasteiger charge is 2.15. The molecule has 1 aromatic rings. The summed E-state index contributed by atoms with van der Waals surface area (Å²) in [6, 6.07) is 4.96. The molecule has 0 aliphatic heterocycles. The molecule has 0 saturated heterocycles. The molecule has 0 bridgehead atoms. The molecule has 1 fully saturated rings. The molecule has 1 aromatic heterocycles. The van der Waals surface area contributed by atoms with Gasteiger partial charge in [0, 0.05) is 25.0 Å². The maximum atomic E-state index is 5.36. The third-order valence-corrected chi connectivity index (χ3v) is 4.15.